The summed E-state index contributed by atoms with van der Waals surface area (Å²) >= 11 is 0. The Morgan fingerprint density at radius 3 is 2.68 bits per heavy atom. The predicted molar refractivity (Wildman–Crippen MR) is 110 cm³/mol. The highest BCUT2D eigenvalue weighted by Crippen LogP contribution is 2.46. The van der Waals surface area contributed by atoms with Crippen LogP contribution in [0.2, 0.25) is 0 Å². The molecule has 0 saturated carbocycles. The van der Waals surface area contributed by atoms with E-state index in [1.807, 2.05) is 0 Å². The Bertz CT molecular complexity index is 805. The van der Waals surface area contributed by atoms with Gasteiger partial charge in [0.05, 0.1) is 0 Å². The maximum absolute atomic E-state index is 4.30. The van der Waals surface area contributed by atoms with E-state index < -0.39 is 0 Å². The van der Waals surface area contributed by atoms with Crippen molar-refractivity contribution < 1.29 is 0 Å². The zero-order valence-electron chi connectivity index (χ0n) is 16.5. The average Bonchev–Trinajstić information content (AvgIpc) is 2.95. The molecule has 1 aromatic carbocycles. The highest BCUT2D eigenvalue weighted by molar-refractivity contribution is 5.88. The second kappa shape index (κ2) is 6.86. The van der Waals surface area contributed by atoms with Gasteiger partial charge in [-0.05, 0) is 62.5 Å². The minimum Gasteiger partial charge on any atom is -0.357 e. The quantitative estimate of drug-likeness (QED) is 0.554. The Hall–Kier alpha value is -1.76. The van der Waals surface area contributed by atoms with Gasteiger partial charge in [-0.1, -0.05) is 56.7 Å². The summed E-state index contributed by atoms with van der Waals surface area (Å²) in [6.07, 6.45) is 6.98. The molecule has 1 atom stereocenters. The van der Waals surface area contributed by atoms with Crippen LogP contribution in [-0.2, 0) is 18.3 Å². The molecule has 1 heteroatoms. The number of aromatic nitrogens is 1. The van der Waals surface area contributed by atoms with Gasteiger partial charge in [0.2, 0.25) is 0 Å². The molecule has 1 N–H and O–H groups in total. The average molecular weight is 336 g/mol. The van der Waals surface area contributed by atoms with Crippen LogP contribution in [0.15, 0.2) is 42.5 Å². The number of fused-ring (bicyclic) bond motifs is 3. The number of para-hydroxylation sites is 1. The Balaban J connectivity index is 2.14. The molecule has 1 aliphatic carbocycles. The second-order valence-corrected chi connectivity index (χ2v) is 8.43. The largest absolute Gasteiger partial charge is 0.357 e. The van der Waals surface area contributed by atoms with Crippen LogP contribution in [0.5, 0.6) is 0 Å². The fourth-order valence-corrected chi connectivity index (χ4v) is 4.60. The third-order valence-electron chi connectivity index (χ3n) is 6.19. The van der Waals surface area contributed by atoms with Crippen molar-refractivity contribution in [3.63, 3.8) is 0 Å². The lowest BCUT2D eigenvalue weighted by Gasteiger charge is -2.37. The Morgan fingerprint density at radius 1 is 1.28 bits per heavy atom. The molecule has 0 amide bonds. The summed E-state index contributed by atoms with van der Waals surface area (Å²) in [5.41, 5.74) is 8.63. The van der Waals surface area contributed by atoms with Crippen molar-refractivity contribution in [2.45, 2.75) is 71.6 Å². The molecule has 0 saturated heterocycles. The number of aromatic amines is 1. The zero-order chi connectivity index (χ0) is 18.2. The van der Waals surface area contributed by atoms with E-state index in [9.17, 15) is 0 Å². The lowest BCUT2D eigenvalue weighted by molar-refractivity contribution is 0.336. The van der Waals surface area contributed by atoms with Gasteiger partial charge in [-0.2, -0.15) is 0 Å². The summed E-state index contributed by atoms with van der Waals surface area (Å²) in [5.74, 6) is 0.526. The molecular weight excluding hydrogens is 302 g/mol. The number of allylic oxidation sites excluding steroid dienone is 2. The fourth-order valence-electron chi connectivity index (χ4n) is 4.60. The summed E-state index contributed by atoms with van der Waals surface area (Å²) in [5, 5.41) is 1.43. The molecule has 1 nitrogen and oxygen atoms in total. The molecule has 1 unspecified atom stereocenters. The first-order valence-electron chi connectivity index (χ1n) is 9.83. The van der Waals surface area contributed by atoms with Gasteiger partial charge in [0, 0.05) is 22.0 Å². The predicted octanol–water partition coefficient (Wildman–Crippen LogP) is 6.87. The van der Waals surface area contributed by atoms with Crippen molar-refractivity contribution in [3.8, 4) is 0 Å². The lowest BCUT2D eigenvalue weighted by atomic mass is 9.68. The Kier molecular flexibility index (Phi) is 4.95. The highest BCUT2D eigenvalue weighted by atomic mass is 14.8. The first kappa shape index (κ1) is 18.0. The van der Waals surface area contributed by atoms with E-state index in [2.05, 4.69) is 64.0 Å². The summed E-state index contributed by atoms with van der Waals surface area (Å²) < 4.78 is 0. The van der Waals surface area contributed by atoms with Crippen molar-refractivity contribution >= 4 is 10.9 Å². The number of nitrogens with one attached hydrogen (secondary N) is 1. The van der Waals surface area contributed by atoms with E-state index in [1.165, 1.54) is 59.0 Å². The van der Waals surface area contributed by atoms with Crippen molar-refractivity contribution in [1.82, 2.24) is 4.98 Å². The van der Waals surface area contributed by atoms with Crippen LogP contribution in [0.4, 0.5) is 0 Å². The number of hydrogen-bond acceptors (Lipinski definition) is 0. The summed E-state index contributed by atoms with van der Waals surface area (Å²) in [6, 6.07) is 6.80. The number of H-pyrrole nitrogens is 1. The van der Waals surface area contributed by atoms with Gasteiger partial charge >= 0.3 is 0 Å². The lowest BCUT2D eigenvalue weighted by Crippen LogP contribution is -2.30. The fraction of sp³-hybridized carbons (Fsp3) is 0.500. The smallest absolute Gasteiger partial charge is 0.0494 e. The standard InChI is InChI=1S/C24H33N/c1-7-24(15-16(2)3)13-9-12-21-20-11-8-10-19(14-18(6)17(4)5)22(20)25-23(21)24/h8,10-11,17,25H,2,6-7,9,12-15H2,1,3-5H3. The van der Waals surface area contributed by atoms with Gasteiger partial charge in [-0.3, -0.25) is 0 Å². The topological polar surface area (TPSA) is 15.8 Å². The molecular formula is C24H33N. The molecule has 1 aliphatic rings. The Morgan fingerprint density at radius 2 is 2.04 bits per heavy atom. The molecule has 1 heterocycles. The SMILES string of the molecule is C=C(C)CC1(CC)CCCc2c1[nH]c1c(CC(=C)C(C)C)cccc21. The Labute approximate surface area is 153 Å². The molecule has 25 heavy (non-hydrogen) atoms. The van der Waals surface area contributed by atoms with Crippen molar-refractivity contribution in [2.24, 2.45) is 5.92 Å². The van der Waals surface area contributed by atoms with E-state index in [0.29, 0.717) is 5.92 Å². The van der Waals surface area contributed by atoms with E-state index in [0.717, 1.165) is 12.8 Å². The van der Waals surface area contributed by atoms with Crippen LogP contribution in [0, 0.1) is 5.92 Å². The van der Waals surface area contributed by atoms with Gasteiger partial charge < -0.3 is 4.98 Å². The van der Waals surface area contributed by atoms with Crippen LogP contribution in [0.3, 0.4) is 0 Å². The van der Waals surface area contributed by atoms with Crippen molar-refractivity contribution in [3.05, 3.63) is 59.3 Å². The van der Waals surface area contributed by atoms with Crippen LogP contribution in [0.25, 0.3) is 10.9 Å². The van der Waals surface area contributed by atoms with Crippen molar-refractivity contribution in [2.75, 3.05) is 0 Å². The van der Waals surface area contributed by atoms with Gasteiger partial charge in [-0.15, -0.1) is 6.58 Å². The maximum atomic E-state index is 4.30. The van der Waals surface area contributed by atoms with Crippen LogP contribution < -0.4 is 0 Å². The monoisotopic (exact) mass is 335 g/mol. The van der Waals surface area contributed by atoms with Crippen molar-refractivity contribution in [1.29, 1.82) is 0 Å². The van der Waals surface area contributed by atoms with Gasteiger partial charge in [0.1, 0.15) is 0 Å². The molecule has 134 valence electrons. The van der Waals surface area contributed by atoms with E-state index >= 15 is 0 Å². The van der Waals surface area contributed by atoms with Gasteiger partial charge in [-0.25, -0.2) is 0 Å². The highest BCUT2D eigenvalue weighted by Gasteiger charge is 2.37. The van der Waals surface area contributed by atoms with E-state index in [1.54, 1.807) is 5.56 Å². The maximum Gasteiger partial charge on any atom is 0.0494 e. The molecule has 0 aliphatic heterocycles. The van der Waals surface area contributed by atoms with Crippen LogP contribution in [-0.4, -0.2) is 4.98 Å². The molecule has 3 rings (SSSR count). The molecule has 0 fully saturated rings. The van der Waals surface area contributed by atoms with E-state index in [-0.39, 0.29) is 5.41 Å². The summed E-state index contributed by atoms with van der Waals surface area (Å²) in [4.78, 5) is 3.89. The van der Waals surface area contributed by atoms with Gasteiger partial charge in [0.15, 0.2) is 0 Å². The zero-order valence-corrected chi connectivity index (χ0v) is 16.5. The summed E-state index contributed by atoms with van der Waals surface area (Å²) in [7, 11) is 0. The number of aryl methyl sites for hydroxylation is 1. The third-order valence-corrected chi connectivity index (χ3v) is 6.19. The molecule has 0 radical (unpaired) electrons. The first-order chi connectivity index (χ1) is 11.9. The van der Waals surface area contributed by atoms with E-state index in [4.69, 9.17) is 0 Å². The minimum atomic E-state index is 0.241. The minimum absolute atomic E-state index is 0.241. The molecule has 1 aromatic heterocycles. The van der Waals surface area contributed by atoms with Crippen LogP contribution >= 0.6 is 0 Å². The molecule has 0 spiro atoms. The number of benzene rings is 1. The second-order valence-electron chi connectivity index (χ2n) is 8.43. The normalized spacial score (nSPS) is 20.0. The number of hydrogen-bond donors (Lipinski definition) is 1. The molecule has 0 bridgehead atoms. The van der Waals surface area contributed by atoms with Gasteiger partial charge in [0.25, 0.3) is 0 Å². The third kappa shape index (κ3) is 3.21. The number of rotatable bonds is 6. The summed E-state index contributed by atoms with van der Waals surface area (Å²) in [6.45, 7) is 17.5. The van der Waals surface area contributed by atoms with Crippen LogP contribution in [0.1, 0.15) is 70.2 Å². The molecule has 2 aromatic rings. The first-order valence-corrected chi connectivity index (χ1v) is 9.83.